The highest BCUT2D eigenvalue weighted by Gasteiger charge is 2.25. The summed E-state index contributed by atoms with van der Waals surface area (Å²) in [4.78, 5) is 25.3. The molecule has 3 rings (SSSR count). The van der Waals surface area contributed by atoms with E-state index in [2.05, 4.69) is 5.32 Å². The van der Waals surface area contributed by atoms with Gasteiger partial charge in [0.25, 0.3) is 5.91 Å². The summed E-state index contributed by atoms with van der Waals surface area (Å²) >= 11 is 0. The van der Waals surface area contributed by atoms with E-state index in [1.165, 1.54) is 0 Å². The predicted octanol–water partition coefficient (Wildman–Crippen LogP) is 4.31. The zero-order valence-corrected chi connectivity index (χ0v) is 16.8. The molecule has 0 heterocycles. The van der Waals surface area contributed by atoms with E-state index in [0.717, 1.165) is 5.56 Å². The maximum Gasteiger partial charge on any atom is 0.345 e. The van der Waals surface area contributed by atoms with E-state index in [4.69, 9.17) is 14.2 Å². The number of benzene rings is 3. The Hall–Kier alpha value is -3.80. The highest BCUT2D eigenvalue weighted by atomic mass is 16.6. The van der Waals surface area contributed by atoms with E-state index in [1.807, 2.05) is 31.2 Å². The number of esters is 1. The van der Waals surface area contributed by atoms with Crippen LogP contribution in [0.25, 0.3) is 0 Å². The third kappa shape index (κ3) is 5.85. The number of amides is 1. The Morgan fingerprint density at radius 1 is 0.900 bits per heavy atom. The minimum atomic E-state index is -1.12. The number of rotatable bonds is 8. The first-order valence-corrected chi connectivity index (χ1v) is 9.44. The smallest absolute Gasteiger partial charge is 0.345 e. The highest BCUT2D eigenvalue weighted by Crippen LogP contribution is 2.22. The van der Waals surface area contributed by atoms with Crippen molar-refractivity contribution < 1.29 is 23.8 Å². The van der Waals surface area contributed by atoms with Gasteiger partial charge in [0.1, 0.15) is 11.5 Å². The van der Waals surface area contributed by atoms with Crippen LogP contribution in [0.1, 0.15) is 17.2 Å². The highest BCUT2D eigenvalue weighted by molar-refractivity contribution is 5.96. The molecule has 0 aliphatic carbocycles. The largest absolute Gasteiger partial charge is 0.497 e. The first-order chi connectivity index (χ1) is 14.5. The zero-order chi connectivity index (χ0) is 21.3. The number of carbonyl (C=O) groups excluding carboxylic acids is 2. The summed E-state index contributed by atoms with van der Waals surface area (Å²) in [5.74, 6) is 0.0427. The lowest BCUT2D eigenvalue weighted by Crippen LogP contribution is -2.28. The van der Waals surface area contributed by atoms with Gasteiger partial charge in [-0.25, -0.2) is 4.79 Å². The van der Waals surface area contributed by atoms with Crippen molar-refractivity contribution in [1.29, 1.82) is 0 Å². The van der Waals surface area contributed by atoms with Crippen LogP contribution in [0.2, 0.25) is 0 Å². The van der Waals surface area contributed by atoms with Crippen molar-refractivity contribution in [1.82, 2.24) is 0 Å². The van der Waals surface area contributed by atoms with Crippen LogP contribution in [0.15, 0.2) is 78.9 Å². The molecule has 0 saturated heterocycles. The van der Waals surface area contributed by atoms with Gasteiger partial charge >= 0.3 is 5.97 Å². The maximum atomic E-state index is 12.9. The Bertz CT molecular complexity index is 1000. The molecular weight excluding hydrogens is 382 g/mol. The van der Waals surface area contributed by atoms with E-state index in [0.29, 0.717) is 22.7 Å². The predicted molar refractivity (Wildman–Crippen MR) is 114 cm³/mol. The van der Waals surface area contributed by atoms with Crippen LogP contribution in [0, 0.1) is 6.92 Å². The van der Waals surface area contributed by atoms with Crippen LogP contribution in [0.3, 0.4) is 0 Å². The third-order valence-corrected chi connectivity index (χ3v) is 4.27. The average Bonchev–Trinajstić information content (AvgIpc) is 2.76. The molecule has 1 atom stereocenters. The Labute approximate surface area is 175 Å². The molecule has 6 heteroatoms. The fraction of sp³-hybridized carbons (Fsp3) is 0.167. The van der Waals surface area contributed by atoms with Gasteiger partial charge < -0.3 is 19.5 Å². The van der Waals surface area contributed by atoms with Gasteiger partial charge in [-0.1, -0.05) is 48.5 Å². The SMILES string of the molecule is COc1cccc(NC(=O)[C@@H](OC(=O)COc2cccc(C)c2)c2ccccc2)c1. The van der Waals surface area contributed by atoms with E-state index in [-0.39, 0.29) is 6.61 Å². The second kappa shape index (κ2) is 10.1. The Morgan fingerprint density at radius 3 is 2.37 bits per heavy atom. The van der Waals surface area contributed by atoms with E-state index in [9.17, 15) is 9.59 Å². The number of anilines is 1. The van der Waals surface area contributed by atoms with Gasteiger partial charge in [-0.2, -0.15) is 0 Å². The summed E-state index contributed by atoms with van der Waals surface area (Å²) in [5, 5.41) is 2.76. The summed E-state index contributed by atoms with van der Waals surface area (Å²) in [5.41, 5.74) is 2.11. The standard InChI is InChI=1S/C24H23NO5/c1-17-8-6-13-21(14-17)29-16-22(26)30-23(18-9-4-3-5-10-18)24(27)25-19-11-7-12-20(15-19)28-2/h3-15,23H,16H2,1-2H3,(H,25,27)/t23-/m0/s1. The summed E-state index contributed by atoms with van der Waals surface area (Å²) in [6.45, 7) is 1.62. The number of ether oxygens (including phenoxy) is 3. The number of carbonyl (C=O) groups is 2. The Kier molecular flexibility index (Phi) is 7.05. The number of methoxy groups -OCH3 is 1. The maximum absolute atomic E-state index is 12.9. The summed E-state index contributed by atoms with van der Waals surface area (Å²) in [6.07, 6.45) is -1.12. The second-order valence-corrected chi connectivity index (χ2v) is 6.61. The zero-order valence-electron chi connectivity index (χ0n) is 16.8. The molecule has 0 aromatic heterocycles. The van der Waals surface area contributed by atoms with Crippen LogP contribution in [0.4, 0.5) is 5.69 Å². The molecule has 30 heavy (non-hydrogen) atoms. The molecule has 154 valence electrons. The second-order valence-electron chi connectivity index (χ2n) is 6.61. The average molecular weight is 405 g/mol. The normalized spacial score (nSPS) is 11.3. The van der Waals surface area contributed by atoms with Gasteiger partial charge in [0, 0.05) is 17.3 Å². The molecule has 0 aliphatic heterocycles. The number of hydrogen-bond acceptors (Lipinski definition) is 5. The molecule has 0 fully saturated rings. The summed E-state index contributed by atoms with van der Waals surface area (Å²) in [6, 6.07) is 23.1. The fourth-order valence-corrected chi connectivity index (χ4v) is 2.82. The molecular formula is C24H23NO5. The van der Waals surface area contributed by atoms with E-state index >= 15 is 0 Å². The van der Waals surface area contributed by atoms with Crippen molar-refractivity contribution in [3.8, 4) is 11.5 Å². The molecule has 3 aromatic carbocycles. The van der Waals surface area contributed by atoms with Crippen molar-refractivity contribution in [2.24, 2.45) is 0 Å². The molecule has 0 radical (unpaired) electrons. The molecule has 0 bridgehead atoms. The number of nitrogens with one attached hydrogen (secondary N) is 1. The van der Waals surface area contributed by atoms with Crippen LogP contribution in [0.5, 0.6) is 11.5 Å². The van der Waals surface area contributed by atoms with Crippen LogP contribution < -0.4 is 14.8 Å². The fourth-order valence-electron chi connectivity index (χ4n) is 2.82. The van der Waals surface area contributed by atoms with Crippen LogP contribution >= 0.6 is 0 Å². The summed E-state index contributed by atoms with van der Waals surface area (Å²) in [7, 11) is 1.55. The summed E-state index contributed by atoms with van der Waals surface area (Å²) < 4.78 is 16.1. The van der Waals surface area contributed by atoms with Gasteiger partial charge in [-0.3, -0.25) is 4.79 Å². The van der Waals surface area contributed by atoms with Crippen molar-refractivity contribution in [3.63, 3.8) is 0 Å². The van der Waals surface area contributed by atoms with E-state index < -0.39 is 18.0 Å². The van der Waals surface area contributed by atoms with Crippen molar-refractivity contribution in [2.45, 2.75) is 13.0 Å². The van der Waals surface area contributed by atoms with Gasteiger partial charge in [0.15, 0.2) is 6.61 Å². The first-order valence-electron chi connectivity index (χ1n) is 9.44. The Balaban J connectivity index is 1.70. The van der Waals surface area contributed by atoms with Gasteiger partial charge in [0.2, 0.25) is 6.10 Å². The topological polar surface area (TPSA) is 73.9 Å². The molecule has 0 saturated carbocycles. The van der Waals surface area contributed by atoms with Crippen LogP contribution in [-0.4, -0.2) is 25.6 Å². The van der Waals surface area contributed by atoms with Crippen molar-refractivity contribution in [3.05, 3.63) is 90.0 Å². The lowest BCUT2D eigenvalue weighted by molar-refractivity contribution is -0.156. The molecule has 6 nitrogen and oxygen atoms in total. The lowest BCUT2D eigenvalue weighted by atomic mass is 10.1. The quantitative estimate of drug-likeness (QED) is 0.566. The van der Waals surface area contributed by atoms with Crippen LogP contribution in [-0.2, 0) is 14.3 Å². The van der Waals surface area contributed by atoms with Gasteiger partial charge in [-0.15, -0.1) is 0 Å². The minimum Gasteiger partial charge on any atom is -0.497 e. The van der Waals surface area contributed by atoms with Crippen molar-refractivity contribution >= 4 is 17.6 Å². The van der Waals surface area contributed by atoms with Crippen molar-refractivity contribution in [2.75, 3.05) is 19.0 Å². The Morgan fingerprint density at radius 2 is 1.63 bits per heavy atom. The molecule has 3 aromatic rings. The molecule has 0 unspecified atom stereocenters. The van der Waals surface area contributed by atoms with Gasteiger partial charge in [0.05, 0.1) is 7.11 Å². The first kappa shape index (κ1) is 20.9. The molecule has 0 aliphatic rings. The van der Waals surface area contributed by atoms with E-state index in [1.54, 1.807) is 61.7 Å². The minimum absolute atomic E-state index is 0.306. The number of aryl methyl sites for hydroxylation is 1. The third-order valence-electron chi connectivity index (χ3n) is 4.27. The molecule has 0 spiro atoms. The lowest BCUT2D eigenvalue weighted by Gasteiger charge is -2.18. The monoisotopic (exact) mass is 405 g/mol. The molecule has 1 N–H and O–H groups in total. The van der Waals surface area contributed by atoms with Gasteiger partial charge in [-0.05, 0) is 36.8 Å². The molecule has 1 amide bonds. The number of hydrogen-bond donors (Lipinski definition) is 1.